The third-order valence-corrected chi connectivity index (χ3v) is 5.02. The first-order valence-corrected chi connectivity index (χ1v) is 7.70. The number of anilines is 1. The van der Waals surface area contributed by atoms with E-state index in [-0.39, 0.29) is 5.41 Å². The molecule has 20 heavy (non-hydrogen) atoms. The number of aliphatic carboxylic acids is 1. The zero-order valence-electron chi connectivity index (χ0n) is 11.7. The van der Waals surface area contributed by atoms with Crippen molar-refractivity contribution in [2.45, 2.75) is 32.7 Å². The summed E-state index contributed by atoms with van der Waals surface area (Å²) < 4.78 is 1.16. The van der Waals surface area contributed by atoms with Gasteiger partial charge in [-0.15, -0.1) is 11.3 Å². The van der Waals surface area contributed by atoms with Crippen LogP contribution >= 0.6 is 11.3 Å². The molecule has 0 aromatic carbocycles. The van der Waals surface area contributed by atoms with Crippen molar-refractivity contribution in [1.82, 2.24) is 4.98 Å². The normalized spacial score (nSPS) is 22.1. The van der Waals surface area contributed by atoms with Crippen molar-refractivity contribution < 1.29 is 9.90 Å². The zero-order valence-corrected chi connectivity index (χ0v) is 12.5. The van der Waals surface area contributed by atoms with E-state index >= 15 is 0 Å². The van der Waals surface area contributed by atoms with Gasteiger partial charge in [0.15, 0.2) is 0 Å². The molecule has 4 nitrogen and oxygen atoms in total. The van der Waals surface area contributed by atoms with E-state index in [1.807, 2.05) is 36.3 Å². The van der Waals surface area contributed by atoms with E-state index in [4.69, 9.17) is 0 Å². The molecule has 2 aromatic rings. The number of fused-ring (bicyclic) bond motifs is 1. The predicted molar refractivity (Wildman–Crippen MR) is 81.4 cm³/mol. The molecule has 1 aliphatic heterocycles. The third-order valence-electron chi connectivity index (χ3n) is 4.14. The second-order valence-electron chi connectivity index (χ2n) is 5.99. The lowest BCUT2D eigenvalue weighted by Crippen LogP contribution is -2.54. The number of nitrogens with zero attached hydrogens (tertiary/aromatic N) is 2. The van der Waals surface area contributed by atoms with Gasteiger partial charge in [-0.05, 0) is 35.8 Å². The van der Waals surface area contributed by atoms with Crippen molar-refractivity contribution in [2.75, 3.05) is 11.4 Å². The van der Waals surface area contributed by atoms with Gasteiger partial charge in [-0.2, -0.15) is 0 Å². The maximum Gasteiger partial charge on any atom is 0.326 e. The lowest BCUT2D eigenvalue weighted by atomic mass is 9.76. The molecule has 1 atom stereocenters. The van der Waals surface area contributed by atoms with Crippen molar-refractivity contribution in [3.8, 4) is 0 Å². The van der Waals surface area contributed by atoms with Crippen LogP contribution in [0.2, 0.25) is 0 Å². The van der Waals surface area contributed by atoms with Crippen LogP contribution in [0.1, 0.15) is 26.7 Å². The van der Waals surface area contributed by atoms with Crippen molar-refractivity contribution in [3.05, 3.63) is 23.7 Å². The summed E-state index contributed by atoms with van der Waals surface area (Å²) in [6.45, 7) is 4.82. The summed E-state index contributed by atoms with van der Waals surface area (Å²) in [5.74, 6) is 0.0488. The van der Waals surface area contributed by atoms with Crippen LogP contribution in [0.25, 0.3) is 10.1 Å². The van der Waals surface area contributed by atoms with Gasteiger partial charge >= 0.3 is 5.97 Å². The van der Waals surface area contributed by atoms with Crippen molar-refractivity contribution in [2.24, 2.45) is 5.41 Å². The molecule has 1 fully saturated rings. The molecular weight excluding hydrogens is 272 g/mol. The molecule has 106 valence electrons. The van der Waals surface area contributed by atoms with Crippen LogP contribution in [0, 0.1) is 5.41 Å². The van der Waals surface area contributed by atoms with Crippen molar-refractivity contribution >= 4 is 33.2 Å². The highest BCUT2D eigenvalue weighted by atomic mass is 32.1. The molecule has 5 heteroatoms. The molecule has 3 rings (SSSR count). The Bertz CT molecular complexity index is 650. The lowest BCUT2D eigenvalue weighted by Gasteiger charge is -2.44. The summed E-state index contributed by atoms with van der Waals surface area (Å²) in [5, 5.41) is 12.7. The lowest BCUT2D eigenvalue weighted by molar-refractivity contribution is -0.142. The number of hydrogen-bond acceptors (Lipinski definition) is 4. The fraction of sp³-hybridized carbons (Fsp3) is 0.467. The maximum atomic E-state index is 11.8. The molecule has 1 N–H and O–H groups in total. The van der Waals surface area contributed by atoms with Crippen LogP contribution in [0.4, 0.5) is 5.82 Å². The van der Waals surface area contributed by atoms with Gasteiger partial charge in [0.25, 0.3) is 0 Å². The summed E-state index contributed by atoms with van der Waals surface area (Å²) in [6.07, 6.45) is 3.70. The summed E-state index contributed by atoms with van der Waals surface area (Å²) in [6, 6.07) is 3.49. The number of carboxylic acids is 1. The Morgan fingerprint density at radius 3 is 3.05 bits per heavy atom. The van der Waals surface area contributed by atoms with E-state index in [0.717, 1.165) is 35.3 Å². The number of rotatable bonds is 2. The van der Waals surface area contributed by atoms with E-state index in [2.05, 4.69) is 4.98 Å². The highest BCUT2D eigenvalue weighted by Crippen LogP contribution is 2.39. The summed E-state index contributed by atoms with van der Waals surface area (Å²) in [7, 11) is 0. The third kappa shape index (κ3) is 2.06. The number of hydrogen-bond donors (Lipinski definition) is 1. The van der Waals surface area contributed by atoms with Crippen LogP contribution in [-0.4, -0.2) is 28.6 Å². The van der Waals surface area contributed by atoms with Crippen LogP contribution < -0.4 is 4.90 Å². The number of piperidine rings is 1. The van der Waals surface area contributed by atoms with Gasteiger partial charge in [-0.1, -0.05) is 13.8 Å². The molecular formula is C15H18N2O2S. The second-order valence-corrected chi connectivity index (χ2v) is 6.94. The van der Waals surface area contributed by atoms with Gasteiger partial charge in [0.1, 0.15) is 11.9 Å². The second kappa shape index (κ2) is 4.74. The molecule has 0 amide bonds. The molecule has 1 saturated heterocycles. The smallest absolute Gasteiger partial charge is 0.326 e. The molecule has 1 aliphatic rings. The van der Waals surface area contributed by atoms with E-state index < -0.39 is 12.0 Å². The number of carboxylic acid groups (broad SMARTS) is 1. The Hall–Kier alpha value is -1.62. The molecule has 0 radical (unpaired) electrons. The standard InChI is InChI=1S/C15H18N2O2S/c1-15(2)6-3-8-17(12(15)14(18)19)13-10-5-9-20-11(10)4-7-16-13/h4-5,7,9,12H,3,6,8H2,1-2H3,(H,18,19). The SMILES string of the molecule is CC1(C)CCCN(c2nccc3sccc23)C1C(=O)O. The molecule has 0 aliphatic carbocycles. The molecule has 0 bridgehead atoms. The van der Waals surface area contributed by atoms with E-state index in [1.165, 1.54) is 0 Å². The monoisotopic (exact) mass is 290 g/mol. The minimum Gasteiger partial charge on any atom is -0.480 e. The Balaban J connectivity index is 2.11. The van der Waals surface area contributed by atoms with Gasteiger partial charge in [-0.3, -0.25) is 0 Å². The molecule has 1 unspecified atom stereocenters. The minimum atomic E-state index is -0.760. The summed E-state index contributed by atoms with van der Waals surface area (Å²) in [5.41, 5.74) is -0.246. The van der Waals surface area contributed by atoms with Gasteiger partial charge in [0.2, 0.25) is 0 Å². The summed E-state index contributed by atoms with van der Waals surface area (Å²) >= 11 is 1.66. The Morgan fingerprint density at radius 1 is 1.50 bits per heavy atom. The van der Waals surface area contributed by atoms with Gasteiger partial charge in [0, 0.05) is 22.8 Å². The topological polar surface area (TPSA) is 53.4 Å². The zero-order chi connectivity index (χ0) is 14.3. The van der Waals surface area contributed by atoms with Crippen LogP contribution in [-0.2, 0) is 4.79 Å². The molecule has 2 aromatic heterocycles. The van der Waals surface area contributed by atoms with E-state index in [1.54, 1.807) is 17.5 Å². The first-order valence-electron chi connectivity index (χ1n) is 6.82. The van der Waals surface area contributed by atoms with E-state index in [0.29, 0.717) is 0 Å². The van der Waals surface area contributed by atoms with Crippen LogP contribution in [0.5, 0.6) is 0 Å². The molecule has 3 heterocycles. The van der Waals surface area contributed by atoms with Crippen molar-refractivity contribution in [1.29, 1.82) is 0 Å². The number of carbonyl (C=O) groups is 1. The highest BCUT2D eigenvalue weighted by molar-refractivity contribution is 7.17. The van der Waals surface area contributed by atoms with Crippen molar-refractivity contribution in [3.63, 3.8) is 0 Å². The van der Waals surface area contributed by atoms with Gasteiger partial charge in [-0.25, -0.2) is 9.78 Å². The Morgan fingerprint density at radius 2 is 2.30 bits per heavy atom. The number of thiophene rings is 1. The molecule has 0 spiro atoms. The Kier molecular flexibility index (Phi) is 3.17. The number of aromatic nitrogens is 1. The first-order chi connectivity index (χ1) is 9.50. The van der Waals surface area contributed by atoms with Gasteiger partial charge in [0.05, 0.1) is 0 Å². The van der Waals surface area contributed by atoms with Crippen LogP contribution in [0.15, 0.2) is 23.7 Å². The fourth-order valence-electron chi connectivity index (χ4n) is 3.20. The van der Waals surface area contributed by atoms with Crippen LogP contribution in [0.3, 0.4) is 0 Å². The Labute approximate surface area is 122 Å². The number of pyridine rings is 1. The largest absolute Gasteiger partial charge is 0.480 e. The summed E-state index contributed by atoms with van der Waals surface area (Å²) in [4.78, 5) is 18.2. The highest BCUT2D eigenvalue weighted by Gasteiger charge is 2.43. The average molecular weight is 290 g/mol. The fourth-order valence-corrected chi connectivity index (χ4v) is 3.97. The average Bonchev–Trinajstić information content (AvgIpc) is 2.84. The van der Waals surface area contributed by atoms with E-state index in [9.17, 15) is 9.90 Å². The minimum absolute atomic E-state index is 0.246. The van der Waals surface area contributed by atoms with Gasteiger partial charge < -0.3 is 10.0 Å². The first kappa shape index (κ1) is 13.4. The quantitative estimate of drug-likeness (QED) is 0.921. The molecule has 0 saturated carbocycles. The maximum absolute atomic E-state index is 11.8. The predicted octanol–water partition coefficient (Wildman–Crippen LogP) is 3.38.